The van der Waals surface area contributed by atoms with Gasteiger partial charge in [0, 0.05) is 36.2 Å². The number of phenolic OH excluding ortho intramolecular Hbond substituents is 1. The van der Waals surface area contributed by atoms with E-state index >= 15 is 0 Å². The Labute approximate surface area is 146 Å². The molecule has 1 aromatic heterocycles. The van der Waals surface area contributed by atoms with E-state index in [9.17, 15) is 9.90 Å². The van der Waals surface area contributed by atoms with E-state index in [4.69, 9.17) is 4.74 Å². The Morgan fingerprint density at radius 3 is 3.00 bits per heavy atom. The lowest BCUT2D eigenvalue weighted by molar-refractivity contribution is -0.147. The Kier molecular flexibility index (Phi) is 3.07. The minimum atomic E-state index is -0.347. The molecule has 0 radical (unpaired) electrons. The Hall–Kier alpha value is -2.27. The highest BCUT2D eigenvalue weighted by atomic mass is 16.5. The predicted molar refractivity (Wildman–Crippen MR) is 94.5 cm³/mol. The molecule has 0 saturated carbocycles. The SMILES string of the molecule is C/C=C1/CN2CCc3c4n(c5cc(O)ccc35)C(C(=O)OC)C1CC42. The molecule has 1 saturated heterocycles. The first-order chi connectivity index (χ1) is 12.1. The van der Waals surface area contributed by atoms with E-state index in [1.807, 2.05) is 6.07 Å². The van der Waals surface area contributed by atoms with Gasteiger partial charge in [0.05, 0.1) is 18.7 Å². The smallest absolute Gasteiger partial charge is 0.329 e. The molecule has 0 amide bonds. The highest BCUT2D eigenvalue weighted by molar-refractivity contribution is 5.90. The maximum absolute atomic E-state index is 12.8. The fourth-order valence-electron chi connectivity index (χ4n) is 5.30. The number of carbonyl (C=O) groups is 1. The van der Waals surface area contributed by atoms with Gasteiger partial charge in [-0.15, -0.1) is 0 Å². The third-order valence-corrected chi connectivity index (χ3v) is 6.35. The summed E-state index contributed by atoms with van der Waals surface area (Å²) in [5.41, 5.74) is 4.87. The first-order valence-corrected chi connectivity index (χ1v) is 8.96. The highest BCUT2D eigenvalue weighted by Gasteiger charge is 2.49. The number of esters is 1. The Morgan fingerprint density at radius 1 is 1.40 bits per heavy atom. The van der Waals surface area contributed by atoms with Gasteiger partial charge in [0.15, 0.2) is 0 Å². The second-order valence-corrected chi connectivity index (χ2v) is 7.35. The van der Waals surface area contributed by atoms with Crippen molar-refractivity contribution in [2.45, 2.75) is 31.8 Å². The number of rotatable bonds is 1. The first-order valence-electron chi connectivity index (χ1n) is 8.96. The molecule has 3 atom stereocenters. The monoisotopic (exact) mass is 338 g/mol. The van der Waals surface area contributed by atoms with Crippen LogP contribution >= 0.6 is 0 Å². The van der Waals surface area contributed by atoms with Crippen molar-refractivity contribution < 1.29 is 14.6 Å². The maximum Gasteiger partial charge on any atom is 0.329 e. The van der Waals surface area contributed by atoms with Gasteiger partial charge in [0.1, 0.15) is 11.8 Å². The number of carbonyl (C=O) groups excluding carboxylic acids is 1. The van der Waals surface area contributed by atoms with Crippen molar-refractivity contribution in [1.82, 2.24) is 9.47 Å². The molecule has 5 heteroatoms. The van der Waals surface area contributed by atoms with Crippen molar-refractivity contribution >= 4 is 16.9 Å². The lowest BCUT2D eigenvalue weighted by Gasteiger charge is -2.50. The van der Waals surface area contributed by atoms with Crippen LogP contribution in [0.25, 0.3) is 10.9 Å². The van der Waals surface area contributed by atoms with Crippen molar-refractivity contribution in [3.8, 4) is 5.75 Å². The van der Waals surface area contributed by atoms with E-state index in [1.54, 1.807) is 12.1 Å². The molecule has 0 spiro atoms. The first kappa shape index (κ1) is 15.0. The van der Waals surface area contributed by atoms with E-state index in [2.05, 4.69) is 22.5 Å². The van der Waals surface area contributed by atoms with Crippen molar-refractivity contribution in [3.05, 3.63) is 41.1 Å². The van der Waals surface area contributed by atoms with Crippen LogP contribution in [0.3, 0.4) is 0 Å². The number of aromatic nitrogens is 1. The number of piperidine rings is 1. The van der Waals surface area contributed by atoms with E-state index in [-0.39, 0.29) is 23.7 Å². The van der Waals surface area contributed by atoms with Crippen molar-refractivity contribution in [2.75, 3.05) is 20.2 Å². The number of aromatic hydroxyl groups is 1. The molecule has 3 unspecified atom stereocenters. The number of fused-ring (bicyclic) bond motifs is 4. The summed E-state index contributed by atoms with van der Waals surface area (Å²) < 4.78 is 7.37. The highest BCUT2D eigenvalue weighted by Crippen LogP contribution is 2.53. The summed E-state index contributed by atoms with van der Waals surface area (Å²) in [5, 5.41) is 11.2. The van der Waals surface area contributed by atoms with Crippen LogP contribution in [0.15, 0.2) is 29.8 Å². The molecule has 2 aromatic rings. The van der Waals surface area contributed by atoms with E-state index in [0.29, 0.717) is 6.04 Å². The molecule has 4 heterocycles. The van der Waals surface area contributed by atoms with Gasteiger partial charge in [0.25, 0.3) is 0 Å². The number of allylic oxidation sites excluding steroid dienone is 1. The second-order valence-electron chi connectivity index (χ2n) is 7.35. The molecule has 130 valence electrons. The van der Waals surface area contributed by atoms with Crippen molar-refractivity contribution in [3.63, 3.8) is 0 Å². The quantitative estimate of drug-likeness (QED) is 0.642. The minimum absolute atomic E-state index is 0.162. The molecule has 5 rings (SSSR count). The molecular formula is C20H22N2O3. The van der Waals surface area contributed by atoms with E-state index in [0.717, 1.165) is 36.8 Å². The van der Waals surface area contributed by atoms with E-state index in [1.165, 1.54) is 23.9 Å². The Balaban J connectivity index is 1.87. The van der Waals surface area contributed by atoms with Crippen LogP contribution in [0.2, 0.25) is 0 Å². The lowest BCUT2D eigenvalue weighted by Crippen LogP contribution is -2.50. The van der Waals surface area contributed by atoms with E-state index < -0.39 is 0 Å². The van der Waals surface area contributed by atoms with Crippen LogP contribution in [0.5, 0.6) is 5.75 Å². The number of benzene rings is 1. The average molecular weight is 338 g/mol. The number of methoxy groups -OCH3 is 1. The van der Waals surface area contributed by atoms with Gasteiger partial charge in [-0.25, -0.2) is 4.79 Å². The summed E-state index contributed by atoms with van der Waals surface area (Å²) in [6, 6.07) is 5.54. The molecule has 25 heavy (non-hydrogen) atoms. The maximum atomic E-state index is 12.8. The summed E-state index contributed by atoms with van der Waals surface area (Å²) in [6.45, 7) is 4.05. The van der Waals surface area contributed by atoms with Crippen LogP contribution < -0.4 is 0 Å². The summed E-state index contributed by atoms with van der Waals surface area (Å²) in [5.74, 6) is 0.209. The van der Waals surface area contributed by atoms with Crippen LogP contribution in [-0.4, -0.2) is 40.7 Å². The summed E-state index contributed by atoms with van der Waals surface area (Å²) in [7, 11) is 1.47. The fraction of sp³-hybridized carbons (Fsp3) is 0.450. The zero-order valence-electron chi connectivity index (χ0n) is 14.5. The van der Waals surface area contributed by atoms with Gasteiger partial charge >= 0.3 is 5.97 Å². The third kappa shape index (κ3) is 1.84. The minimum Gasteiger partial charge on any atom is -0.508 e. The number of nitrogens with zero attached hydrogens (tertiary/aromatic N) is 2. The van der Waals surface area contributed by atoms with Gasteiger partial charge in [-0.05, 0) is 37.5 Å². The fourth-order valence-corrected chi connectivity index (χ4v) is 5.30. The second kappa shape index (κ2) is 5.11. The Bertz CT molecular complexity index is 927. The Morgan fingerprint density at radius 2 is 2.24 bits per heavy atom. The summed E-state index contributed by atoms with van der Waals surface area (Å²) in [4.78, 5) is 15.3. The number of hydrogen-bond donors (Lipinski definition) is 1. The van der Waals surface area contributed by atoms with Crippen molar-refractivity contribution in [1.29, 1.82) is 0 Å². The van der Waals surface area contributed by atoms with Crippen LogP contribution in [-0.2, 0) is 16.0 Å². The molecule has 2 bridgehead atoms. The number of ether oxygens (including phenoxy) is 1. The molecular weight excluding hydrogens is 316 g/mol. The van der Waals surface area contributed by atoms with Crippen LogP contribution in [0, 0.1) is 5.92 Å². The van der Waals surface area contributed by atoms with Crippen molar-refractivity contribution in [2.24, 2.45) is 5.92 Å². The molecule has 3 aliphatic heterocycles. The van der Waals surface area contributed by atoms with Crippen LogP contribution in [0.1, 0.15) is 36.7 Å². The largest absolute Gasteiger partial charge is 0.508 e. The normalized spacial score (nSPS) is 29.2. The zero-order valence-corrected chi connectivity index (χ0v) is 14.5. The summed E-state index contributed by atoms with van der Waals surface area (Å²) in [6.07, 6.45) is 4.12. The van der Waals surface area contributed by atoms with Gasteiger partial charge in [-0.1, -0.05) is 11.6 Å². The molecule has 5 nitrogen and oxygen atoms in total. The lowest BCUT2D eigenvalue weighted by atomic mass is 9.75. The molecule has 1 aromatic carbocycles. The number of phenols is 1. The molecule has 1 N–H and O–H groups in total. The molecule has 1 fully saturated rings. The topological polar surface area (TPSA) is 54.7 Å². The van der Waals surface area contributed by atoms with Gasteiger partial charge in [-0.3, -0.25) is 4.90 Å². The van der Waals surface area contributed by atoms with Crippen LogP contribution in [0.4, 0.5) is 0 Å². The number of hydrogen-bond acceptors (Lipinski definition) is 4. The summed E-state index contributed by atoms with van der Waals surface area (Å²) >= 11 is 0. The molecule has 3 aliphatic rings. The zero-order chi connectivity index (χ0) is 17.3. The van der Waals surface area contributed by atoms with Gasteiger partial charge < -0.3 is 14.4 Å². The van der Waals surface area contributed by atoms with Gasteiger partial charge in [-0.2, -0.15) is 0 Å². The average Bonchev–Trinajstić information content (AvgIpc) is 2.95. The van der Waals surface area contributed by atoms with Gasteiger partial charge in [0.2, 0.25) is 0 Å². The third-order valence-electron chi connectivity index (χ3n) is 6.35. The molecule has 0 aliphatic carbocycles. The standard InChI is InChI=1S/C20H22N2O3/c1-3-11-10-21-7-6-14-13-5-4-12(23)8-16(13)22-18(14)17(21)9-15(11)19(22)20(24)25-2/h3-5,8,15,17,19,23H,6-7,9-10H2,1-2H3/b11-3-. The predicted octanol–water partition coefficient (Wildman–Crippen LogP) is 2.94.